The average Bonchev–Trinajstić information content (AvgIpc) is 3.05. The van der Waals surface area contributed by atoms with Crippen LogP contribution >= 0.6 is 11.8 Å². The maximum absolute atomic E-state index is 13.1. The molecule has 174 valence electrons. The van der Waals surface area contributed by atoms with Gasteiger partial charge in [0, 0.05) is 11.3 Å². The van der Waals surface area contributed by atoms with Crippen molar-refractivity contribution in [2.75, 3.05) is 18.5 Å². The van der Waals surface area contributed by atoms with Gasteiger partial charge in [0.2, 0.25) is 5.91 Å². The lowest BCUT2D eigenvalue weighted by atomic mass is 10.0. The summed E-state index contributed by atoms with van der Waals surface area (Å²) >= 11 is 0.832. The molecule has 4 rings (SSSR count). The number of thioether (sulfide) groups is 1. The summed E-state index contributed by atoms with van der Waals surface area (Å²) in [4.78, 5) is 39.7. The third kappa shape index (κ3) is 4.70. The third-order valence-electron chi connectivity index (χ3n) is 5.62. The predicted octanol–water partition coefficient (Wildman–Crippen LogP) is 5.84. The Hall–Kier alpha value is -3.58. The number of rotatable bonds is 6. The molecule has 3 aromatic rings. The van der Waals surface area contributed by atoms with E-state index in [0.29, 0.717) is 18.0 Å². The van der Waals surface area contributed by atoms with Crippen LogP contribution in [0.3, 0.4) is 0 Å². The van der Waals surface area contributed by atoms with Gasteiger partial charge in [0.25, 0.3) is 11.1 Å². The number of carbonyl (C=O) groups excluding carboxylic acids is 3. The van der Waals surface area contributed by atoms with Gasteiger partial charge in [0.15, 0.2) is 0 Å². The highest BCUT2D eigenvalue weighted by atomic mass is 32.2. The summed E-state index contributed by atoms with van der Waals surface area (Å²) in [6, 6.07) is 15.6. The monoisotopic (exact) mass is 474 g/mol. The summed E-state index contributed by atoms with van der Waals surface area (Å²) in [6.07, 6.45) is 1.68. The highest BCUT2D eigenvalue weighted by Crippen LogP contribution is 2.37. The molecule has 0 unspecified atom stereocenters. The van der Waals surface area contributed by atoms with Crippen LogP contribution < -0.4 is 10.1 Å². The van der Waals surface area contributed by atoms with Gasteiger partial charge in [0.05, 0.1) is 11.5 Å². The molecule has 0 radical (unpaired) electrons. The molecule has 1 aliphatic heterocycles. The fourth-order valence-electron chi connectivity index (χ4n) is 4.17. The number of anilines is 1. The van der Waals surface area contributed by atoms with E-state index in [0.717, 1.165) is 49.7 Å². The second-order valence-corrected chi connectivity index (χ2v) is 9.21. The molecule has 3 aromatic carbocycles. The minimum Gasteiger partial charge on any atom is -0.493 e. The molecule has 0 bridgehead atoms. The lowest BCUT2D eigenvalue weighted by Crippen LogP contribution is -2.36. The Balaban J connectivity index is 1.59. The Bertz CT molecular complexity index is 1320. The van der Waals surface area contributed by atoms with E-state index in [2.05, 4.69) is 5.32 Å². The molecule has 7 heteroatoms. The van der Waals surface area contributed by atoms with Crippen LogP contribution in [-0.2, 0) is 9.59 Å². The molecule has 0 aromatic heterocycles. The first-order chi connectivity index (χ1) is 16.3. The summed E-state index contributed by atoms with van der Waals surface area (Å²) in [5.74, 6) is -0.271. The van der Waals surface area contributed by atoms with E-state index in [4.69, 9.17) is 4.74 Å². The number of aryl methyl sites for hydroxylation is 3. The number of nitrogens with one attached hydrogen (secondary N) is 1. The van der Waals surface area contributed by atoms with Crippen LogP contribution in [0.5, 0.6) is 5.75 Å². The largest absolute Gasteiger partial charge is 0.493 e. The number of ether oxygens (including phenoxy) is 1. The number of hydrogen-bond acceptors (Lipinski definition) is 5. The first-order valence-corrected chi connectivity index (χ1v) is 11.9. The van der Waals surface area contributed by atoms with Crippen molar-refractivity contribution in [1.29, 1.82) is 0 Å². The van der Waals surface area contributed by atoms with Gasteiger partial charge in [-0.2, -0.15) is 0 Å². The summed E-state index contributed by atoms with van der Waals surface area (Å²) < 4.78 is 5.78. The van der Waals surface area contributed by atoms with Crippen LogP contribution in [0, 0.1) is 20.8 Å². The molecule has 6 nitrogen and oxygen atoms in total. The molecule has 3 amide bonds. The van der Waals surface area contributed by atoms with E-state index in [9.17, 15) is 14.4 Å². The van der Waals surface area contributed by atoms with Crippen molar-refractivity contribution in [2.24, 2.45) is 0 Å². The van der Waals surface area contributed by atoms with Crippen LogP contribution in [0.4, 0.5) is 10.5 Å². The molecule has 1 aliphatic rings. The molecule has 1 N–H and O–H groups in total. The molecule has 0 spiro atoms. The van der Waals surface area contributed by atoms with Crippen LogP contribution in [0.1, 0.15) is 29.2 Å². The molecule has 0 aliphatic carbocycles. The Kier molecular flexibility index (Phi) is 6.75. The van der Waals surface area contributed by atoms with Gasteiger partial charge in [-0.25, -0.2) is 0 Å². The highest BCUT2D eigenvalue weighted by molar-refractivity contribution is 8.18. The van der Waals surface area contributed by atoms with Gasteiger partial charge in [-0.15, -0.1) is 0 Å². The first-order valence-electron chi connectivity index (χ1n) is 11.1. The lowest BCUT2D eigenvalue weighted by molar-refractivity contribution is -0.127. The fraction of sp³-hybridized carbons (Fsp3) is 0.222. The number of benzene rings is 3. The molecule has 1 fully saturated rings. The summed E-state index contributed by atoms with van der Waals surface area (Å²) in [6.45, 7) is 7.84. The Labute approximate surface area is 203 Å². The van der Waals surface area contributed by atoms with Crippen LogP contribution in [0.2, 0.25) is 0 Å². The van der Waals surface area contributed by atoms with Crippen molar-refractivity contribution in [3.05, 3.63) is 75.7 Å². The van der Waals surface area contributed by atoms with Gasteiger partial charge in [-0.1, -0.05) is 48.0 Å². The third-order valence-corrected chi connectivity index (χ3v) is 6.53. The van der Waals surface area contributed by atoms with E-state index >= 15 is 0 Å². The van der Waals surface area contributed by atoms with Gasteiger partial charge in [-0.05, 0) is 73.5 Å². The van der Waals surface area contributed by atoms with E-state index < -0.39 is 17.1 Å². The van der Waals surface area contributed by atoms with Gasteiger partial charge < -0.3 is 10.1 Å². The number of imide groups is 1. The molecular formula is C27H26N2O4S. The topological polar surface area (TPSA) is 75.7 Å². The fourth-order valence-corrected chi connectivity index (χ4v) is 4.99. The Morgan fingerprint density at radius 1 is 1.06 bits per heavy atom. The quantitative estimate of drug-likeness (QED) is 0.454. The van der Waals surface area contributed by atoms with E-state index in [1.807, 2.05) is 76.2 Å². The minimum absolute atomic E-state index is 0.262. The van der Waals surface area contributed by atoms with Crippen LogP contribution in [0.25, 0.3) is 16.8 Å². The van der Waals surface area contributed by atoms with E-state index in [1.54, 1.807) is 6.08 Å². The predicted molar refractivity (Wildman–Crippen MR) is 137 cm³/mol. The molecule has 0 atom stereocenters. The van der Waals surface area contributed by atoms with Crippen molar-refractivity contribution in [1.82, 2.24) is 4.90 Å². The summed E-state index contributed by atoms with van der Waals surface area (Å²) in [5, 5.41) is 4.30. The normalized spacial score (nSPS) is 14.8. The average molecular weight is 475 g/mol. The standard InChI is InChI=1S/C27H26N2O4S/c1-5-33-22-11-10-19-8-6-7-9-20(19)21(22)14-23-26(31)29(27(32)34-23)15-24(30)28-25-17(3)12-16(2)13-18(25)4/h6-14H,5,15H2,1-4H3,(H,28,30)/b23-14+. The van der Waals surface area contributed by atoms with E-state index in [1.165, 1.54) is 0 Å². The van der Waals surface area contributed by atoms with Crippen molar-refractivity contribution >= 4 is 51.4 Å². The van der Waals surface area contributed by atoms with Crippen LogP contribution in [-0.4, -0.2) is 35.1 Å². The second kappa shape index (κ2) is 9.73. The van der Waals surface area contributed by atoms with Crippen molar-refractivity contribution < 1.29 is 19.1 Å². The number of fused-ring (bicyclic) bond motifs is 1. The van der Waals surface area contributed by atoms with Crippen molar-refractivity contribution in [3.8, 4) is 5.75 Å². The number of hydrogen-bond donors (Lipinski definition) is 1. The SMILES string of the molecule is CCOc1ccc2ccccc2c1/C=C1/SC(=O)N(CC(=O)Nc2c(C)cc(C)cc2C)C1=O. The van der Waals surface area contributed by atoms with E-state index in [-0.39, 0.29) is 11.4 Å². The van der Waals surface area contributed by atoms with Crippen molar-refractivity contribution in [3.63, 3.8) is 0 Å². The molecule has 1 heterocycles. The summed E-state index contributed by atoms with van der Waals surface area (Å²) in [7, 11) is 0. The highest BCUT2D eigenvalue weighted by Gasteiger charge is 2.36. The van der Waals surface area contributed by atoms with Crippen LogP contribution in [0.15, 0.2) is 53.4 Å². The molecule has 0 saturated carbocycles. The second-order valence-electron chi connectivity index (χ2n) is 8.22. The minimum atomic E-state index is -0.488. The molecule has 34 heavy (non-hydrogen) atoms. The van der Waals surface area contributed by atoms with Crippen molar-refractivity contribution in [2.45, 2.75) is 27.7 Å². The zero-order valence-corrected chi connectivity index (χ0v) is 20.4. The zero-order chi connectivity index (χ0) is 24.4. The molecular weight excluding hydrogens is 448 g/mol. The smallest absolute Gasteiger partial charge is 0.294 e. The summed E-state index contributed by atoms with van der Waals surface area (Å²) in [5.41, 5.74) is 4.40. The lowest BCUT2D eigenvalue weighted by Gasteiger charge is -2.16. The van der Waals surface area contributed by atoms with Gasteiger partial charge >= 0.3 is 0 Å². The zero-order valence-electron chi connectivity index (χ0n) is 19.6. The number of carbonyl (C=O) groups is 3. The van der Waals surface area contributed by atoms with Gasteiger partial charge in [0.1, 0.15) is 12.3 Å². The Morgan fingerprint density at radius 3 is 2.47 bits per heavy atom. The maximum atomic E-state index is 13.1. The van der Waals surface area contributed by atoms with Gasteiger partial charge in [-0.3, -0.25) is 19.3 Å². The maximum Gasteiger partial charge on any atom is 0.294 e. The number of nitrogens with zero attached hydrogens (tertiary/aromatic N) is 1. The molecule has 1 saturated heterocycles. The Morgan fingerprint density at radius 2 is 1.76 bits per heavy atom. The number of amides is 3. The first kappa shape index (κ1) is 23.6.